The van der Waals surface area contributed by atoms with Gasteiger partial charge in [-0.2, -0.15) is 0 Å². The van der Waals surface area contributed by atoms with Gasteiger partial charge < -0.3 is 10.6 Å². The molecule has 6 heteroatoms. The van der Waals surface area contributed by atoms with Crippen LogP contribution in [0.1, 0.15) is 32.6 Å². The normalized spacial score (nSPS) is 22.0. The molecule has 0 saturated carbocycles. The molecule has 0 aromatic carbocycles. The Kier molecular flexibility index (Phi) is 7.28. The van der Waals surface area contributed by atoms with E-state index in [1.807, 2.05) is 0 Å². The maximum absolute atomic E-state index is 11.6. The monoisotopic (exact) mass is 291 g/mol. The van der Waals surface area contributed by atoms with Crippen molar-refractivity contribution in [3.8, 4) is 0 Å². The Morgan fingerprint density at radius 1 is 1.37 bits per heavy atom. The second kappa shape index (κ2) is 8.19. The molecule has 0 amide bonds. The Balaban J connectivity index is 2.49. The van der Waals surface area contributed by atoms with Crippen molar-refractivity contribution in [2.24, 2.45) is 11.7 Å². The van der Waals surface area contributed by atoms with E-state index in [0.717, 1.165) is 32.5 Å². The lowest BCUT2D eigenvalue weighted by Gasteiger charge is -2.34. The van der Waals surface area contributed by atoms with Gasteiger partial charge in [-0.15, -0.1) is 0 Å². The van der Waals surface area contributed by atoms with Crippen LogP contribution in [0.2, 0.25) is 0 Å². The number of rotatable bonds is 8. The van der Waals surface area contributed by atoms with Gasteiger partial charge in [-0.05, 0) is 31.7 Å². The van der Waals surface area contributed by atoms with Crippen molar-refractivity contribution in [3.63, 3.8) is 0 Å². The quantitative estimate of drug-likeness (QED) is 0.715. The third-order valence-electron chi connectivity index (χ3n) is 3.74. The van der Waals surface area contributed by atoms with Crippen molar-refractivity contribution in [1.29, 1.82) is 0 Å². The average Bonchev–Trinajstić information content (AvgIpc) is 2.35. The first-order valence-corrected chi connectivity index (χ1v) is 9.19. The summed E-state index contributed by atoms with van der Waals surface area (Å²) < 4.78 is 24.8. The third kappa shape index (κ3) is 6.21. The molecule has 5 nitrogen and oxygen atoms in total. The minimum absolute atomic E-state index is 0.451. The molecule has 2 N–H and O–H groups in total. The Labute approximate surface area is 118 Å². The van der Waals surface area contributed by atoms with Crippen molar-refractivity contribution >= 4 is 10.0 Å². The summed E-state index contributed by atoms with van der Waals surface area (Å²) in [4.78, 5) is 2.39. The second-order valence-corrected chi connectivity index (χ2v) is 7.55. The molecule has 0 aromatic heterocycles. The summed E-state index contributed by atoms with van der Waals surface area (Å²) >= 11 is 0. The molecule has 0 spiro atoms. The number of piperidine rings is 1. The Morgan fingerprint density at radius 2 is 2.11 bits per heavy atom. The van der Waals surface area contributed by atoms with Crippen LogP contribution in [-0.2, 0) is 10.0 Å². The Bertz CT molecular complexity index is 346. The molecule has 1 fully saturated rings. The number of hydrogen-bond donors (Lipinski definition) is 1. The van der Waals surface area contributed by atoms with Crippen LogP contribution in [0.25, 0.3) is 0 Å². The van der Waals surface area contributed by atoms with Gasteiger partial charge in [-0.25, -0.2) is 12.7 Å². The van der Waals surface area contributed by atoms with E-state index >= 15 is 0 Å². The van der Waals surface area contributed by atoms with Gasteiger partial charge in [0.15, 0.2) is 0 Å². The summed E-state index contributed by atoms with van der Waals surface area (Å²) in [6.45, 7) is 7.17. The third-order valence-corrected chi connectivity index (χ3v) is 5.01. The van der Waals surface area contributed by atoms with E-state index in [9.17, 15) is 8.42 Å². The van der Waals surface area contributed by atoms with Gasteiger partial charge in [0.2, 0.25) is 10.0 Å². The van der Waals surface area contributed by atoms with Crippen LogP contribution in [-0.4, -0.2) is 63.1 Å². The van der Waals surface area contributed by atoms with Gasteiger partial charge >= 0.3 is 0 Å². The zero-order valence-electron chi connectivity index (χ0n) is 12.3. The summed E-state index contributed by atoms with van der Waals surface area (Å²) in [6, 6.07) is 0. The highest BCUT2D eigenvalue weighted by molar-refractivity contribution is 7.88. The summed E-state index contributed by atoms with van der Waals surface area (Å²) in [5.41, 5.74) is 5.65. The zero-order valence-corrected chi connectivity index (χ0v) is 13.2. The molecule has 114 valence electrons. The fourth-order valence-electron chi connectivity index (χ4n) is 2.70. The van der Waals surface area contributed by atoms with Crippen molar-refractivity contribution in [2.45, 2.75) is 32.6 Å². The van der Waals surface area contributed by atoms with E-state index < -0.39 is 10.0 Å². The number of hydrogen-bond acceptors (Lipinski definition) is 4. The topological polar surface area (TPSA) is 66.6 Å². The molecular weight excluding hydrogens is 262 g/mol. The predicted octanol–water partition coefficient (Wildman–Crippen LogP) is 0.719. The molecule has 0 bridgehead atoms. The van der Waals surface area contributed by atoms with Crippen LogP contribution in [0.4, 0.5) is 0 Å². The lowest BCUT2D eigenvalue weighted by molar-refractivity contribution is 0.179. The van der Waals surface area contributed by atoms with E-state index in [4.69, 9.17) is 5.73 Å². The standard InChI is InChI=1S/C13H29N3O2S/c1-3-4-8-15(10-7-14)11-13-6-5-9-16(12-13)19(2,17)18/h13H,3-12,14H2,1-2H3. The van der Waals surface area contributed by atoms with E-state index in [1.165, 1.54) is 19.1 Å². The predicted molar refractivity (Wildman–Crippen MR) is 79.5 cm³/mol. The first kappa shape index (κ1) is 16.9. The second-order valence-electron chi connectivity index (χ2n) is 5.57. The van der Waals surface area contributed by atoms with Crippen LogP contribution < -0.4 is 5.73 Å². The first-order chi connectivity index (χ1) is 8.97. The maximum Gasteiger partial charge on any atom is 0.211 e. The van der Waals surface area contributed by atoms with Crippen LogP contribution in [0.3, 0.4) is 0 Å². The minimum Gasteiger partial charge on any atom is -0.329 e. The van der Waals surface area contributed by atoms with Crippen LogP contribution in [0.15, 0.2) is 0 Å². The molecule has 1 rings (SSSR count). The van der Waals surface area contributed by atoms with Gasteiger partial charge in [0, 0.05) is 32.7 Å². The minimum atomic E-state index is -3.03. The molecule has 1 saturated heterocycles. The summed E-state index contributed by atoms with van der Waals surface area (Å²) in [6.07, 6.45) is 5.77. The fraction of sp³-hybridized carbons (Fsp3) is 1.00. The van der Waals surface area contributed by atoms with Crippen molar-refractivity contribution < 1.29 is 8.42 Å². The number of nitrogens with zero attached hydrogens (tertiary/aromatic N) is 2. The molecule has 1 unspecified atom stereocenters. The zero-order chi connectivity index (χ0) is 14.3. The molecule has 0 radical (unpaired) electrons. The van der Waals surface area contributed by atoms with Gasteiger partial charge in [-0.3, -0.25) is 0 Å². The van der Waals surface area contributed by atoms with E-state index in [0.29, 0.717) is 25.6 Å². The SMILES string of the molecule is CCCCN(CCN)CC1CCCN(S(C)(=O)=O)C1. The number of nitrogens with two attached hydrogens (primary N) is 1. The highest BCUT2D eigenvalue weighted by atomic mass is 32.2. The lowest BCUT2D eigenvalue weighted by Crippen LogP contribution is -2.44. The summed E-state index contributed by atoms with van der Waals surface area (Å²) in [7, 11) is -3.03. The van der Waals surface area contributed by atoms with Gasteiger partial charge in [0.05, 0.1) is 6.26 Å². The average molecular weight is 291 g/mol. The molecule has 1 heterocycles. The molecule has 0 aliphatic carbocycles. The fourth-order valence-corrected chi connectivity index (χ4v) is 3.64. The molecule has 1 atom stereocenters. The van der Waals surface area contributed by atoms with Gasteiger partial charge in [-0.1, -0.05) is 13.3 Å². The van der Waals surface area contributed by atoms with Crippen molar-refractivity contribution in [2.75, 3.05) is 45.5 Å². The number of sulfonamides is 1. The Morgan fingerprint density at radius 3 is 2.68 bits per heavy atom. The highest BCUT2D eigenvalue weighted by Gasteiger charge is 2.26. The smallest absolute Gasteiger partial charge is 0.211 e. The maximum atomic E-state index is 11.6. The molecule has 1 aliphatic heterocycles. The van der Waals surface area contributed by atoms with Crippen molar-refractivity contribution in [3.05, 3.63) is 0 Å². The highest BCUT2D eigenvalue weighted by Crippen LogP contribution is 2.19. The van der Waals surface area contributed by atoms with Crippen LogP contribution >= 0.6 is 0 Å². The molecule has 1 aliphatic rings. The van der Waals surface area contributed by atoms with Crippen molar-refractivity contribution in [1.82, 2.24) is 9.21 Å². The summed E-state index contributed by atoms with van der Waals surface area (Å²) in [5.74, 6) is 0.451. The lowest BCUT2D eigenvalue weighted by atomic mass is 9.99. The largest absolute Gasteiger partial charge is 0.329 e. The van der Waals surface area contributed by atoms with Crippen LogP contribution in [0, 0.1) is 5.92 Å². The van der Waals surface area contributed by atoms with Gasteiger partial charge in [0.1, 0.15) is 0 Å². The molecular formula is C13H29N3O2S. The van der Waals surface area contributed by atoms with Gasteiger partial charge in [0.25, 0.3) is 0 Å². The Hall–Kier alpha value is -0.170. The molecule has 0 aromatic rings. The summed E-state index contributed by atoms with van der Waals surface area (Å²) in [5, 5.41) is 0. The van der Waals surface area contributed by atoms with Crippen LogP contribution in [0.5, 0.6) is 0 Å². The number of unbranched alkanes of at least 4 members (excludes halogenated alkanes) is 1. The van der Waals surface area contributed by atoms with E-state index in [2.05, 4.69) is 11.8 Å². The van der Waals surface area contributed by atoms with E-state index in [-0.39, 0.29) is 0 Å². The molecule has 19 heavy (non-hydrogen) atoms. The van der Waals surface area contributed by atoms with E-state index in [1.54, 1.807) is 4.31 Å². The first-order valence-electron chi connectivity index (χ1n) is 7.35.